The molecular weight excluding hydrogens is 338 g/mol. The van der Waals surface area contributed by atoms with Gasteiger partial charge in [0.15, 0.2) is 0 Å². The van der Waals surface area contributed by atoms with Crippen LogP contribution in [-0.4, -0.2) is 27.3 Å². The summed E-state index contributed by atoms with van der Waals surface area (Å²) >= 11 is 0. The van der Waals surface area contributed by atoms with Crippen molar-refractivity contribution in [3.05, 3.63) is 87.8 Å². The van der Waals surface area contributed by atoms with E-state index in [9.17, 15) is 9.59 Å². The van der Waals surface area contributed by atoms with E-state index < -0.39 is 5.56 Å². The molecule has 1 aliphatic heterocycles. The minimum Gasteiger partial charge on any atom is -0.331 e. The Kier molecular flexibility index (Phi) is 4.59. The number of nitrogens with zero attached hydrogens (tertiary/aromatic N) is 2. The Labute approximate surface area is 157 Å². The molecule has 1 fully saturated rings. The number of aryl methyl sites for hydroxylation is 1. The van der Waals surface area contributed by atoms with Crippen molar-refractivity contribution in [3.8, 4) is 11.4 Å². The first kappa shape index (κ1) is 17.2. The molecule has 2 aromatic carbocycles. The third-order valence-corrected chi connectivity index (χ3v) is 5.14. The summed E-state index contributed by atoms with van der Waals surface area (Å²) in [5, 5.41) is 0. The van der Waals surface area contributed by atoms with Gasteiger partial charge in [-0.1, -0.05) is 54.6 Å². The lowest BCUT2D eigenvalue weighted by atomic mass is 9.99. The number of benzene rings is 2. The van der Waals surface area contributed by atoms with E-state index >= 15 is 0 Å². The molecular formula is C22H21N3O2. The van der Waals surface area contributed by atoms with Gasteiger partial charge in [0.2, 0.25) is 0 Å². The molecule has 1 atom stereocenters. The average molecular weight is 359 g/mol. The summed E-state index contributed by atoms with van der Waals surface area (Å²) in [7, 11) is 0. The van der Waals surface area contributed by atoms with Gasteiger partial charge in [0.25, 0.3) is 11.5 Å². The fourth-order valence-corrected chi connectivity index (χ4v) is 3.74. The number of carbonyl (C=O) groups is 1. The fraction of sp³-hybridized carbons (Fsp3) is 0.227. The zero-order chi connectivity index (χ0) is 18.8. The van der Waals surface area contributed by atoms with Gasteiger partial charge in [0, 0.05) is 18.3 Å². The number of hydrogen-bond acceptors (Lipinski definition) is 3. The predicted molar refractivity (Wildman–Crippen MR) is 104 cm³/mol. The zero-order valence-electron chi connectivity index (χ0n) is 15.2. The van der Waals surface area contributed by atoms with Crippen LogP contribution in [0.2, 0.25) is 0 Å². The maximum Gasteiger partial charge on any atom is 0.264 e. The average Bonchev–Trinajstić information content (AvgIpc) is 3.18. The maximum atomic E-state index is 13.1. The molecule has 2 heterocycles. The molecule has 0 radical (unpaired) electrons. The molecule has 0 saturated carbocycles. The van der Waals surface area contributed by atoms with Crippen LogP contribution in [-0.2, 0) is 0 Å². The summed E-state index contributed by atoms with van der Waals surface area (Å²) in [5.74, 6) is 0.211. The standard InChI is InChI=1S/C22H21N3O2/c1-15-8-5-6-11-17(15)19-12-7-13-25(19)22(27)18-14-23-20(24-21(18)26)16-9-3-2-4-10-16/h2-6,8-11,14,19H,7,12-13H2,1H3,(H,23,24,26)/t19-/m0/s1. The molecule has 0 bridgehead atoms. The second-order valence-corrected chi connectivity index (χ2v) is 6.85. The Balaban J connectivity index is 1.64. The molecule has 1 saturated heterocycles. The first-order valence-electron chi connectivity index (χ1n) is 9.16. The van der Waals surface area contributed by atoms with Crippen LogP contribution in [0.4, 0.5) is 0 Å². The molecule has 27 heavy (non-hydrogen) atoms. The van der Waals surface area contributed by atoms with Crippen molar-refractivity contribution < 1.29 is 4.79 Å². The first-order valence-corrected chi connectivity index (χ1v) is 9.16. The predicted octanol–water partition coefficient (Wildman–Crippen LogP) is 3.72. The van der Waals surface area contributed by atoms with Crippen molar-refractivity contribution in [2.75, 3.05) is 6.54 Å². The largest absolute Gasteiger partial charge is 0.331 e. The molecule has 0 spiro atoms. The van der Waals surface area contributed by atoms with Gasteiger partial charge in [-0.05, 0) is 30.9 Å². The number of likely N-dealkylation sites (tertiary alicyclic amines) is 1. The Hall–Kier alpha value is -3.21. The van der Waals surface area contributed by atoms with Crippen LogP contribution in [0, 0.1) is 6.92 Å². The fourth-order valence-electron chi connectivity index (χ4n) is 3.74. The van der Waals surface area contributed by atoms with Crippen molar-refractivity contribution >= 4 is 5.91 Å². The van der Waals surface area contributed by atoms with Gasteiger partial charge in [-0.3, -0.25) is 9.59 Å². The molecule has 4 rings (SSSR count). The molecule has 1 aliphatic rings. The van der Waals surface area contributed by atoms with Gasteiger partial charge in [-0.2, -0.15) is 0 Å². The maximum absolute atomic E-state index is 13.1. The smallest absolute Gasteiger partial charge is 0.264 e. The lowest BCUT2D eigenvalue weighted by molar-refractivity contribution is 0.0733. The summed E-state index contributed by atoms with van der Waals surface area (Å²) in [6.45, 7) is 2.71. The highest BCUT2D eigenvalue weighted by Crippen LogP contribution is 2.34. The summed E-state index contributed by atoms with van der Waals surface area (Å²) in [4.78, 5) is 34.5. The number of aromatic nitrogens is 2. The Morgan fingerprint density at radius 3 is 2.59 bits per heavy atom. The van der Waals surface area contributed by atoms with Gasteiger partial charge >= 0.3 is 0 Å². The number of H-pyrrole nitrogens is 1. The first-order chi connectivity index (χ1) is 13.1. The van der Waals surface area contributed by atoms with Crippen LogP contribution in [0.5, 0.6) is 0 Å². The van der Waals surface area contributed by atoms with Gasteiger partial charge in [-0.15, -0.1) is 0 Å². The van der Waals surface area contributed by atoms with Crippen LogP contribution >= 0.6 is 0 Å². The lowest BCUT2D eigenvalue weighted by Gasteiger charge is -2.26. The van der Waals surface area contributed by atoms with Crippen molar-refractivity contribution in [1.29, 1.82) is 0 Å². The Morgan fingerprint density at radius 1 is 1.11 bits per heavy atom. The molecule has 0 aliphatic carbocycles. The van der Waals surface area contributed by atoms with Gasteiger partial charge < -0.3 is 9.88 Å². The quantitative estimate of drug-likeness (QED) is 0.775. The van der Waals surface area contributed by atoms with E-state index in [0.717, 1.165) is 29.5 Å². The molecule has 0 unspecified atom stereocenters. The van der Waals surface area contributed by atoms with Crippen LogP contribution in [0.25, 0.3) is 11.4 Å². The van der Waals surface area contributed by atoms with E-state index in [-0.39, 0.29) is 17.5 Å². The minimum atomic E-state index is -0.399. The Bertz CT molecular complexity index is 1030. The topological polar surface area (TPSA) is 66.1 Å². The van der Waals surface area contributed by atoms with E-state index in [1.165, 1.54) is 6.20 Å². The summed E-state index contributed by atoms with van der Waals surface area (Å²) < 4.78 is 0. The SMILES string of the molecule is Cc1ccccc1[C@@H]1CCCN1C(=O)c1cnc(-c2ccccc2)[nH]c1=O. The van der Waals surface area contributed by atoms with Gasteiger partial charge in [-0.25, -0.2) is 4.98 Å². The highest BCUT2D eigenvalue weighted by molar-refractivity contribution is 5.94. The molecule has 1 aromatic heterocycles. The summed E-state index contributed by atoms with van der Waals surface area (Å²) in [6.07, 6.45) is 3.24. The monoisotopic (exact) mass is 359 g/mol. The lowest BCUT2D eigenvalue weighted by Crippen LogP contribution is -2.35. The van der Waals surface area contributed by atoms with Crippen LogP contribution < -0.4 is 5.56 Å². The summed E-state index contributed by atoms with van der Waals surface area (Å²) in [6, 6.07) is 17.5. The normalized spacial score (nSPS) is 16.5. The molecule has 3 aromatic rings. The molecule has 136 valence electrons. The van der Waals surface area contributed by atoms with Gasteiger partial charge in [0.05, 0.1) is 6.04 Å². The van der Waals surface area contributed by atoms with Crippen molar-refractivity contribution in [1.82, 2.24) is 14.9 Å². The van der Waals surface area contributed by atoms with E-state index in [0.29, 0.717) is 12.4 Å². The van der Waals surface area contributed by atoms with E-state index in [4.69, 9.17) is 0 Å². The Morgan fingerprint density at radius 2 is 1.85 bits per heavy atom. The molecule has 1 amide bonds. The number of nitrogens with one attached hydrogen (secondary N) is 1. The second-order valence-electron chi connectivity index (χ2n) is 6.85. The van der Waals surface area contributed by atoms with E-state index in [1.807, 2.05) is 42.5 Å². The highest BCUT2D eigenvalue weighted by atomic mass is 16.2. The second kappa shape index (κ2) is 7.19. The minimum absolute atomic E-state index is 0.00639. The number of aromatic amines is 1. The number of rotatable bonds is 3. The van der Waals surface area contributed by atoms with Crippen LogP contribution in [0.15, 0.2) is 65.6 Å². The van der Waals surface area contributed by atoms with Crippen LogP contribution in [0.1, 0.15) is 40.4 Å². The van der Waals surface area contributed by atoms with Crippen molar-refractivity contribution in [3.63, 3.8) is 0 Å². The van der Waals surface area contributed by atoms with Crippen molar-refractivity contribution in [2.24, 2.45) is 0 Å². The van der Waals surface area contributed by atoms with Crippen molar-refractivity contribution in [2.45, 2.75) is 25.8 Å². The van der Waals surface area contributed by atoms with E-state index in [2.05, 4.69) is 29.0 Å². The third-order valence-electron chi connectivity index (χ3n) is 5.14. The summed E-state index contributed by atoms with van der Waals surface area (Å²) in [5.41, 5.74) is 2.81. The third kappa shape index (κ3) is 3.28. The molecule has 5 heteroatoms. The van der Waals surface area contributed by atoms with Crippen LogP contribution in [0.3, 0.4) is 0 Å². The number of amides is 1. The van der Waals surface area contributed by atoms with E-state index in [1.54, 1.807) is 4.90 Å². The zero-order valence-corrected chi connectivity index (χ0v) is 15.2. The highest BCUT2D eigenvalue weighted by Gasteiger charge is 2.32. The molecule has 1 N–H and O–H groups in total. The molecule has 5 nitrogen and oxygen atoms in total. The number of hydrogen-bond donors (Lipinski definition) is 1. The van der Waals surface area contributed by atoms with Gasteiger partial charge in [0.1, 0.15) is 11.4 Å². The number of carbonyl (C=O) groups excluding carboxylic acids is 1.